The van der Waals surface area contributed by atoms with Crippen molar-refractivity contribution in [2.45, 2.75) is 100 Å². The van der Waals surface area contributed by atoms with Crippen LogP contribution in [0.2, 0.25) is 0 Å². The Kier molecular flexibility index (Phi) is 9.23. The molecule has 1 saturated carbocycles. The van der Waals surface area contributed by atoms with Gasteiger partial charge in [-0.25, -0.2) is 0 Å². The van der Waals surface area contributed by atoms with E-state index < -0.39 is 41.1 Å². The number of hydrogen-bond acceptors (Lipinski definition) is 6. The van der Waals surface area contributed by atoms with Crippen LogP contribution in [0.3, 0.4) is 0 Å². The van der Waals surface area contributed by atoms with Crippen LogP contribution in [-0.2, 0) is 23.9 Å². The SMILES string of the molecule is C=CCCCCOC(=O)[C@@H]1[C@H]2C(=O)N([C@H](CO)c3ccccc3)C(C(=O)N(CC=C)C3CCCCC3)C23CC[C@@]1(C)O3. The molecule has 1 aromatic rings. The molecule has 4 fully saturated rings. The number of nitrogens with zero attached hydrogens (tertiary/aromatic N) is 2. The zero-order valence-electron chi connectivity index (χ0n) is 24.9. The first-order valence-electron chi connectivity index (χ1n) is 15.7. The summed E-state index contributed by atoms with van der Waals surface area (Å²) in [6.07, 6.45) is 12.1. The second-order valence-electron chi connectivity index (χ2n) is 12.6. The molecule has 1 N–H and O–H groups in total. The van der Waals surface area contributed by atoms with Crippen molar-refractivity contribution in [3.63, 3.8) is 0 Å². The summed E-state index contributed by atoms with van der Waals surface area (Å²) in [5.74, 6) is -2.64. The lowest BCUT2D eigenvalue weighted by molar-refractivity contribution is -0.162. The van der Waals surface area contributed by atoms with Crippen LogP contribution < -0.4 is 0 Å². The standard InChI is InChI=1S/C34H46N2O6/c1-4-6-7-14-22-41-32(40)28-27-30(38)36(26(23-37)24-15-10-8-11-16-24)29(34(27)20-19-33(28,3)42-34)31(39)35(21-5-2)25-17-12-9-13-18-25/h4-5,8,10-11,15-16,25-29,37H,1-2,6-7,9,12-14,17-23H2,3H3/t26-,27+,28+,29?,33-,34?/m1/s1. The van der Waals surface area contributed by atoms with Crippen molar-refractivity contribution in [2.75, 3.05) is 19.8 Å². The van der Waals surface area contributed by atoms with E-state index in [0.717, 1.165) is 50.5 Å². The van der Waals surface area contributed by atoms with Crippen LogP contribution in [-0.4, -0.2) is 75.7 Å². The fraction of sp³-hybridized carbons (Fsp3) is 0.618. The maximum atomic E-state index is 14.8. The van der Waals surface area contributed by atoms with Crippen molar-refractivity contribution in [3.05, 3.63) is 61.2 Å². The molecule has 3 heterocycles. The summed E-state index contributed by atoms with van der Waals surface area (Å²) in [6.45, 7) is 9.82. The molecule has 8 heteroatoms. The highest BCUT2D eigenvalue weighted by Gasteiger charge is 2.79. The van der Waals surface area contributed by atoms with E-state index in [9.17, 15) is 19.5 Å². The number of carbonyl (C=O) groups excluding carboxylic acids is 3. The van der Waals surface area contributed by atoms with Gasteiger partial charge in [-0.15, -0.1) is 13.2 Å². The number of allylic oxidation sites excluding steroid dienone is 1. The molecule has 0 aromatic heterocycles. The predicted molar refractivity (Wildman–Crippen MR) is 159 cm³/mol. The van der Waals surface area contributed by atoms with Crippen LogP contribution in [0.1, 0.15) is 82.7 Å². The lowest BCUT2D eigenvalue weighted by Gasteiger charge is -2.42. The van der Waals surface area contributed by atoms with Crippen LogP contribution in [0.15, 0.2) is 55.6 Å². The van der Waals surface area contributed by atoms with E-state index in [-0.39, 0.29) is 31.1 Å². The highest BCUT2D eigenvalue weighted by molar-refractivity contribution is 5.99. The van der Waals surface area contributed by atoms with Gasteiger partial charge in [0.15, 0.2) is 0 Å². The van der Waals surface area contributed by atoms with Gasteiger partial charge in [-0.3, -0.25) is 14.4 Å². The van der Waals surface area contributed by atoms with Gasteiger partial charge in [0.25, 0.3) is 0 Å². The Morgan fingerprint density at radius 3 is 2.55 bits per heavy atom. The van der Waals surface area contributed by atoms with Crippen LogP contribution in [0.25, 0.3) is 0 Å². The van der Waals surface area contributed by atoms with Crippen LogP contribution in [0.5, 0.6) is 0 Å². The monoisotopic (exact) mass is 578 g/mol. The summed E-state index contributed by atoms with van der Waals surface area (Å²) in [7, 11) is 0. The molecule has 2 amide bonds. The van der Waals surface area contributed by atoms with E-state index >= 15 is 0 Å². The molecule has 0 radical (unpaired) electrons. The van der Waals surface area contributed by atoms with Crippen molar-refractivity contribution in [3.8, 4) is 0 Å². The summed E-state index contributed by atoms with van der Waals surface area (Å²) >= 11 is 0. The zero-order chi connectivity index (χ0) is 29.9. The number of aliphatic hydroxyl groups excluding tert-OH is 1. The molecule has 1 spiro atoms. The zero-order valence-corrected chi connectivity index (χ0v) is 24.9. The fourth-order valence-corrected chi connectivity index (χ4v) is 8.13. The molecule has 228 valence electrons. The van der Waals surface area contributed by atoms with E-state index in [1.807, 2.05) is 48.2 Å². The Balaban J connectivity index is 1.54. The van der Waals surface area contributed by atoms with Gasteiger partial charge in [-0.05, 0) is 57.4 Å². The number of aliphatic hydroxyl groups is 1. The Morgan fingerprint density at radius 1 is 1.14 bits per heavy atom. The number of esters is 1. The molecule has 4 aliphatic rings. The average Bonchev–Trinajstić information content (AvgIpc) is 3.57. The normalized spacial score (nSPS) is 31.0. The van der Waals surface area contributed by atoms with Gasteiger partial charge in [0, 0.05) is 12.6 Å². The van der Waals surface area contributed by atoms with Crippen molar-refractivity contribution in [1.29, 1.82) is 0 Å². The third-order valence-electron chi connectivity index (χ3n) is 10.1. The van der Waals surface area contributed by atoms with Gasteiger partial charge in [0.2, 0.25) is 11.8 Å². The van der Waals surface area contributed by atoms with Crippen molar-refractivity contribution in [1.82, 2.24) is 9.80 Å². The summed E-state index contributed by atoms with van der Waals surface area (Å²) in [5.41, 5.74) is -1.35. The van der Waals surface area contributed by atoms with Crippen LogP contribution in [0.4, 0.5) is 0 Å². The van der Waals surface area contributed by atoms with Crippen LogP contribution in [0, 0.1) is 11.8 Å². The largest absolute Gasteiger partial charge is 0.465 e. The van der Waals surface area contributed by atoms with Crippen molar-refractivity contribution in [2.24, 2.45) is 11.8 Å². The first kappa shape index (κ1) is 30.5. The van der Waals surface area contributed by atoms with E-state index in [1.54, 1.807) is 11.0 Å². The molecule has 5 rings (SSSR count). The van der Waals surface area contributed by atoms with Gasteiger partial charge in [0.05, 0.1) is 30.8 Å². The molecule has 2 unspecified atom stereocenters. The number of unbranched alkanes of at least 4 members (excludes halogenated alkanes) is 2. The number of hydrogen-bond donors (Lipinski definition) is 1. The fourth-order valence-electron chi connectivity index (χ4n) is 8.13. The second kappa shape index (κ2) is 12.7. The number of likely N-dealkylation sites (tertiary alicyclic amines) is 1. The van der Waals surface area contributed by atoms with Crippen molar-refractivity contribution < 1.29 is 29.0 Å². The number of benzene rings is 1. The van der Waals surface area contributed by atoms with Crippen molar-refractivity contribution >= 4 is 17.8 Å². The molecule has 1 aliphatic carbocycles. The molecule has 8 nitrogen and oxygen atoms in total. The smallest absolute Gasteiger partial charge is 0.312 e. The number of rotatable bonds is 13. The molecule has 3 saturated heterocycles. The lowest BCUT2D eigenvalue weighted by Crippen LogP contribution is -2.59. The third-order valence-corrected chi connectivity index (χ3v) is 10.1. The van der Waals surface area contributed by atoms with Crippen LogP contribution >= 0.6 is 0 Å². The van der Waals surface area contributed by atoms with E-state index in [1.165, 1.54) is 0 Å². The molecular formula is C34H46N2O6. The molecule has 2 bridgehead atoms. The minimum Gasteiger partial charge on any atom is -0.465 e. The number of fused-ring (bicyclic) bond motifs is 1. The Morgan fingerprint density at radius 2 is 1.88 bits per heavy atom. The number of amides is 2. The maximum Gasteiger partial charge on any atom is 0.312 e. The van der Waals surface area contributed by atoms with E-state index in [2.05, 4.69) is 13.2 Å². The summed E-state index contributed by atoms with van der Waals surface area (Å²) in [6, 6.07) is 7.63. The molecule has 6 atom stereocenters. The Bertz CT molecular complexity index is 1170. The second-order valence-corrected chi connectivity index (χ2v) is 12.6. The summed E-state index contributed by atoms with van der Waals surface area (Å²) < 4.78 is 12.5. The highest BCUT2D eigenvalue weighted by Crippen LogP contribution is 2.64. The molecule has 1 aromatic carbocycles. The third kappa shape index (κ3) is 5.21. The van der Waals surface area contributed by atoms with E-state index in [0.29, 0.717) is 25.8 Å². The van der Waals surface area contributed by atoms with Gasteiger partial charge in [0.1, 0.15) is 17.6 Å². The molecule has 42 heavy (non-hydrogen) atoms. The first-order chi connectivity index (χ1) is 20.3. The van der Waals surface area contributed by atoms with Gasteiger partial charge in [-0.2, -0.15) is 0 Å². The average molecular weight is 579 g/mol. The topological polar surface area (TPSA) is 96.4 Å². The van der Waals surface area contributed by atoms with E-state index in [4.69, 9.17) is 9.47 Å². The molecular weight excluding hydrogens is 532 g/mol. The quantitative estimate of drug-likeness (QED) is 0.207. The Hall–Kier alpha value is -2.97. The Labute approximate surface area is 249 Å². The summed E-state index contributed by atoms with van der Waals surface area (Å²) in [4.78, 5) is 46.5. The van der Waals surface area contributed by atoms with Gasteiger partial charge < -0.3 is 24.4 Å². The predicted octanol–water partition coefficient (Wildman–Crippen LogP) is 4.73. The summed E-state index contributed by atoms with van der Waals surface area (Å²) in [5, 5.41) is 10.7. The number of ether oxygens (including phenoxy) is 2. The minimum atomic E-state index is -1.17. The van der Waals surface area contributed by atoms with Gasteiger partial charge >= 0.3 is 5.97 Å². The maximum absolute atomic E-state index is 14.8. The number of carbonyl (C=O) groups is 3. The van der Waals surface area contributed by atoms with Gasteiger partial charge in [-0.1, -0.05) is 61.7 Å². The first-order valence-corrected chi connectivity index (χ1v) is 15.7. The minimum absolute atomic E-state index is 0.0477. The highest BCUT2D eigenvalue weighted by atomic mass is 16.6. The molecule has 3 aliphatic heterocycles. The lowest BCUT2D eigenvalue weighted by atomic mass is 9.66.